The minimum atomic E-state index is -0.250. The summed E-state index contributed by atoms with van der Waals surface area (Å²) in [6, 6.07) is 20.6. The van der Waals surface area contributed by atoms with E-state index < -0.39 is 0 Å². The largest absolute Gasteiger partial charge is 0.253 e. The summed E-state index contributed by atoms with van der Waals surface area (Å²) in [5.74, 6) is 2.40. The van der Waals surface area contributed by atoms with Crippen LogP contribution < -0.4 is 0 Å². The van der Waals surface area contributed by atoms with E-state index in [1.165, 1.54) is 12.1 Å². The van der Waals surface area contributed by atoms with Crippen LogP contribution in [-0.2, 0) is 13.1 Å². The number of halogens is 2. The summed E-state index contributed by atoms with van der Waals surface area (Å²) in [6.07, 6.45) is 4.96. The quantitative estimate of drug-likeness (QED) is 0.193. The third kappa shape index (κ3) is 8.90. The van der Waals surface area contributed by atoms with Crippen LogP contribution in [0.5, 0.6) is 0 Å². The molecule has 232 valence electrons. The smallest absolute Gasteiger partial charge is 0.219 e. The fourth-order valence-electron chi connectivity index (χ4n) is 3.83. The Morgan fingerprint density at radius 3 is 1.50 bits per heavy atom. The highest BCUT2D eigenvalue weighted by Crippen LogP contribution is 2.15. The first-order valence-corrected chi connectivity index (χ1v) is 14.5. The molecule has 0 saturated heterocycles. The van der Waals surface area contributed by atoms with Crippen LogP contribution in [0.1, 0.15) is 53.3 Å². The number of hydrogen-bond acceptors (Lipinski definition) is 7. The molecule has 11 heteroatoms. The summed E-state index contributed by atoms with van der Waals surface area (Å²) < 4.78 is 30.6. The molecular weight excluding hydrogens is 560 g/mol. The SMILES string of the molecule is CC.CC.Cc1nc(-c2ccccn2)nn1Cc1ccccc1F.Cc1nc(-c2ncccn2)nn1Cc1ccccc1F.[2HH].[2HH]. The monoisotopic (exact) mass is 603 g/mol. The summed E-state index contributed by atoms with van der Waals surface area (Å²) in [5, 5.41) is 8.72. The van der Waals surface area contributed by atoms with Crippen molar-refractivity contribution in [1.82, 2.24) is 44.5 Å². The molecule has 0 amide bonds. The number of benzene rings is 2. The Morgan fingerprint density at radius 2 is 1.00 bits per heavy atom. The van der Waals surface area contributed by atoms with Gasteiger partial charge in [-0.05, 0) is 44.2 Å². The molecule has 0 saturated carbocycles. The first-order chi connectivity index (χ1) is 21.5. The lowest BCUT2D eigenvalue weighted by Crippen LogP contribution is -2.05. The molecule has 0 bridgehead atoms. The molecular formula is C33H41F2N9. The maximum Gasteiger partial charge on any atom is 0.219 e. The fraction of sp³-hybridized carbons (Fsp3) is 0.242. The van der Waals surface area contributed by atoms with Crippen molar-refractivity contribution in [3.63, 3.8) is 0 Å². The van der Waals surface area contributed by atoms with E-state index in [9.17, 15) is 8.78 Å². The van der Waals surface area contributed by atoms with E-state index in [1.54, 1.807) is 64.4 Å². The summed E-state index contributed by atoms with van der Waals surface area (Å²) >= 11 is 0. The number of pyridine rings is 1. The van der Waals surface area contributed by atoms with Crippen molar-refractivity contribution >= 4 is 0 Å². The number of hydrogen-bond donors (Lipinski definition) is 0. The molecule has 0 fully saturated rings. The Kier molecular flexibility index (Phi) is 12.9. The van der Waals surface area contributed by atoms with Crippen molar-refractivity contribution in [3.05, 3.63) is 126 Å². The van der Waals surface area contributed by atoms with Gasteiger partial charge < -0.3 is 0 Å². The van der Waals surface area contributed by atoms with Crippen LogP contribution in [0.3, 0.4) is 0 Å². The summed E-state index contributed by atoms with van der Waals surface area (Å²) in [4.78, 5) is 21.1. The Hall–Kier alpha value is -5.19. The van der Waals surface area contributed by atoms with Gasteiger partial charge in [-0.3, -0.25) is 4.98 Å². The van der Waals surface area contributed by atoms with Crippen molar-refractivity contribution in [3.8, 4) is 23.2 Å². The van der Waals surface area contributed by atoms with Gasteiger partial charge in [0.2, 0.25) is 5.82 Å². The van der Waals surface area contributed by atoms with Crippen LogP contribution >= 0.6 is 0 Å². The lowest BCUT2D eigenvalue weighted by molar-refractivity contribution is 0.579. The zero-order chi connectivity index (χ0) is 31.9. The maximum atomic E-state index is 13.7. The first-order valence-electron chi connectivity index (χ1n) is 14.5. The molecule has 0 N–H and O–H groups in total. The van der Waals surface area contributed by atoms with Gasteiger partial charge in [0.15, 0.2) is 11.6 Å². The Morgan fingerprint density at radius 1 is 0.545 bits per heavy atom. The van der Waals surface area contributed by atoms with E-state index in [4.69, 9.17) is 0 Å². The third-order valence-corrected chi connectivity index (χ3v) is 5.93. The second-order valence-corrected chi connectivity index (χ2v) is 8.75. The highest BCUT2D eigenvalue weighted by molar-refractivity contribution is 5.47. The van der Waals surface area contributed by atoms with E-state index >= 15 is 0 Å². The van der Waals surface area contributed by atoms with Crippen LogP contribution in [0.2, 0.25) is 0 Å². The maximum absolute atomic E-state index is 13.7. The van der Waals surface area contributed by atoms with E-state index in [-0.39, 0.29) is 14.5 Å². The van der Waals surface area contributed by atoms with Gasteiger partial charge in [0, 0.05) is 32.6 Å². The van der Waals surface area contributed by atoms with Gasteiger partial charge in [0.1, 0.15) is 29.0 Å². The number of nitrogens with zero attached hydrogens (tertiary/aromatic N) is 9. The van der Waals surface area contributed by atoms with Crippen LogP contribution in [0.4, 0.5) is 8.78 Å². The molecule has 0 unspecified atom stereocenters. The zero-order valence-electron chi connectivity index (χ0n) is 25.9. The predicted octanol–water partition coefficient (Wildman–Crippen LogP) is 7.61. The molecule has 0 aliphatic heterocycles. The van der Waals surface area contributed by atoms with Gasteiger partial charge in [-0.25, -0.2) is 38.1 Å². The molecule has 4 heterocycles. The molecule has 2 aromatic carbocycles. The molecule has 0 atom stereocenters. The molecule has 0 spiro atoms. The molecule has 44 heavy (non-hydrogen) atoms. The Labute approximate surface area is 259 Å². The molecule has 0 aliphatic rings. The average Bonchev–Trinajstić information content (AvgIpc) is 3.63. The minimum Gasteiger partial charge on any atom is -0.253 e. The first kappa shape index (κ1) is 33.3. The lowest BCUT2D eigenvalue weighted by atomic mass is 10.2. The Balaban J connectivity index is 0.000000400. The molecule has 6 aromatic rings. The summed E-state index contributed by atoms with van der Waals surface area (Å²) in [6.45, 7) is 12.4. The van der Waals surface area contributed by atoms with E-state index in [1.807, 2.05) is 65.8 Å². The average molecular weight is 604 g/mol. The van der Waals surface area contributed by atoms with E-state index in [2.05, 4.69) is 35.1 Å². The van der Waals surface area contributed by atoms with Crippen LogP contribution in [0, 0.1) is 25.5 Å². The van der Waals surface area contributed by atoms with Gasteiger partial charge in [-0.1, -0.05) is 70.2 Å². The fourth-order valence-corrected chi connectivity index (χ4v) is 3.83. The number of rotatable bonds is 6. The molecule has 0 radical (unpaired) electrons. The van der Waals surface area contributed by atoms with Crippen LogP contribution in [0.25, 0.3) is 23.2 Å². The predicted molar refractivity (Wildman–Crippen MR) is 172 cm³/mol. The highest BCUT2D eigenvalue weighted by Gasteiger charge is 2.13. The zero-order valence-corrected chi connectivity index (χ0v) is 25.9. The second-order valence-electron chi connectivity index (χ2n) is 8.75. The van der Waals surface area contributed by atoms with Crippen molar-refractivity contribution in [2.45, 2.75) is 54.6 Å². The van der Waals surface area contributed by atoms with Crippen molar-refractivity contribution in [2.75, 3.05) is 0 Å². The molecule has 9 nitrogen and oxygen atoms in total. The van der Waals surface area contributed by atoms with Gasteiger partial charge in [0.25, 0.3) is 0 Å². The molecule has 4 aromatic heterocycles. The van der Waals surface area contributed by atoms with Gasteiger partial charge in [0.05, 0.1) is 13.1 Å². The highest BCUT2D eigenvalue weighted by atomic mass is 19.1. The third-order valence-electron chi connectivity index (χ3n) is 5.93. The van der Waals surface area contributed by atoms with Gasteiger partial charge >= 0.3 is 0 Å². The Bertz CT molecular complexity index is 1590. The van der Waals surface area contributed by atoms with Crippen LogP contribution in [-0.4, -0.2) is 44.5 Å². The second kappa shape index (κ2) is 17.1. The standard InChI is InChI=1S/C15H13FN4.C14H12FN5.2C2H6.2H2/c1-11-18-15(14-8-4-5-9-17-14)19-20(11)10-12-6-2-3-7-13(12)16;1-10-18-14(13-16-7-4-8-17-13)19-20(10)9-11-5-2-3-6-12(11)15;2*1-2;;/h2-9H,10H2,1H3;2-8H,9H2,1H3;2*1-2H3;2*1H/i;;;;2*1+1. The number of aryl methyl sites for hydroxylation is 2. The summed E-state index contributed by atoms with van der Waals surface area (Å²) in [7, 11) is 0. The van der Waals surface area contributed by atoms with Crippen LogP contribution in [0.15, 0.2) is 91.4 Å². The number of aromatic nitrogens is 9. The van der Waals surface area contributed by atoms with Crippen molar-refractivity contribution in [2.24, 2.45) is 0 Å². The summed E-state index contributed by atoms with van der Waals surface area (Å²) in [5.41, 5.74) is 1.87. The minimum absolute atomic E-state index is 0. The topological polar surface area (TPSA) is 100 Å². The van der Waals surface area contributed by atoms with Crippen molar-refractivity contribution in [1.29, 1.82) is 0 Å². The van der Waals surface area contributed by atoms with Gasteiger partial charge in [-0.15, -0.1) is 10.2 Å². The van der Waals surface area contributed by atoms with E-state index in [0.717, 1.165) is 5.82 Å². The van der Waals surface area contributed by atoms with Crippen molar-refractivity contribution < 1.29 is 11.6 Å². The van der Waals surface area contributed by atoms with Gasteiger partial charge in [-0.2, -0.15) is 0 Å². The lowest BCUT2D eigenvalue weighted by Gasteiger charge is -2.04. The van der Waals surface area contributed by atoms with E-state index in [0.29, 0.717) is 53.2 Å². The molecule has 0 aliphatic carbocycles. The molecule has 6 rings (SSSR count). The normalized spacial score (nSPS) is 10.0.